The lowest BCUT2D eigenvalue weighted by Crippen LogP contribution is -2.13. The van der Waals surface area contributed by atoms with E-state index in [1.54, 1.807) is 36.4 Å². The molecule has 2 aromatic rings. The van der Waals surface area contributed by atoms with Crippen LogP contribution in [0.5, 0.6) is 0 Å². The Morgan fingerprint density at radius 2 is 1.78 bits per heavy atom. The third-order valence-corrected chi connectivity index (χ3v) is 2.34. The molecule has 1 aromatic carbocycles. The lowest BCUT2D eigenvalue weighted by Gasteiger charge is -2.00. The van der Waals surface area contributed by atoms with Gasteiger partial charge in [0.05, 0.1) is 11.8 Å². The van der Waals surface area contributed by atoms with E-state index >= 15 is 0 Å². The molecule has 4 nitrogen and oxygen atoms in total. The maximum Gasteiger partial charge on any atom is 0.377 e. The third-order valence-electron chi connectivity index (χ3n) is 2.34. The number of carboxylic acid groups (broad SMARTS) is 1. The van der Waals surface area contributed by atoms with E-state index in [-0.39, 0.29) is 11.3 Å². The molecule has 0 saturated heterocycles. The summed E-state index contributed by atoms with van der Waals surface area (Å²) >= 11 is 0. The van der Waals surface area contributed by atoms with Gasteiger partial charge in [-0.05, 0) is 23.8 Å². The molecular formula is C14H10O4. The van der Waals surface area contributed by atoms with Gasteiger partial charge in [0.1, 0.15) is 5.76 Å². The number of furan rings is 1. The van der Waals surface area contributed by atoms with Crippen molar-refractivity contribution in [3.63, 3.8) is 0 Å². The van der Waals surface area contributed by atoms with Crippen LogP contribution in [0.15, 0.2) is 53.1 Å². The van der Waals surface area contributed by atoms with Crippen molar-refractivity contribution < 1.29 is 19.1 Å². The van der Waals surface area contributed by atoms with Crippen LogP contribution < -0.4 is 0 Å². The molecule has 0 fully saturated rings. The summed E-state index contributed by atoms with van der Waals surface area (Å²) in [5.41, 5.74) is 0.761. The Morgan fingerprint density at radius 1 is 1.06 bits per heavy atom. The standard InChI is InChI=1S/C14H10O4/c15-13(14(16)17)11(12-7-4-8-18-12)9-10-5-2-1-3-6-10/h1-9H,(H,16,17). The Morgan fingerprint density at radius 3 is 2.33 bits per heavy atom. The maximum absolute atomic E-state index is 11.6. The molecule has 90 valence electrons. The number of benzene rings is 1. The second kappa shape index (κ2) is 5.14. The van der Waals surface area contributed by atoms with E-state index in [0.717, 1.165) is 5.56 Å². The Balaban J connectivity index is 2.47. The number of carbonyl (C=O) groups excluding carboxylic acids is 1. The number of rotatable bonds is 4. The van der Waals surface area contributed by atoms with Crippen LogP contribution >= 0.6 is 0 Å². The Kier molecular flexibility index (Phi) is 3.38. The van der Waals surface area contributed by atoms with E-state index in [2.05, 4.69) is 0 Å². The lowest BCUT2D eigenvalue weighted by molar-refractivity contribution is -0.146. The highest BCUT2D eigenvalue weighted by atomic mass is 16.4. The van der Waals surface area contributed by atoms with Gasteiger partial charge in [0, 0.05) is 0 Å². The van der Waals surface area contributed by atoms with Crippen molar-refractivity contribution in [1.82, 2.24) is 0 Å². The highest BCUT2D eigenvalue weighted by Gasteiger charge is 2.21. The Labute approximate surface area is 103 Å². The molecule has 0 radical (unpaired) electrons. The van der Waals surface area contributed by atoms with Crippen LogP contribution in [0.1, 0.15) is 11.3 Å². The fourth-order valence-electron chi connectivity index (χ4n) is 1.51. The molecule has 0 atom stereocenters. The number of carboxylic acids is 1. The van der Waals surface area contributed by atoms with E-state index in [4.69, 9.17) is 9.52 Å². The molecule has 1 heterocycles. The first-order chi connectivity index (χ1) is 8.68. The summed E-state index contributed by atoms with van der Waals surface area (Å²) in [4.78, 5) is 22.4. The van der Waals surface area contributed by atoms with Gasteiger partial charge >= 0.3 is 5.97 Å². The van der Waals surface area contributed by atoms with Gasteiger partial charge in [-0.1, -0.05) is 30.3 Å². The van der Waals surface area contributed by atoms with Crippen LogP contribution in [0.4, 0.5) is 0 Å². The smallest absolute Gasteiger partial charge is 0.377 e. The zero-order valence-corrected chi connectivity index (χ0v) is 9.37. The van der Waals surface area contributed by atoms with Gasteiger partial charge in [0.2, 0.25) is 0 Å². The van der Waals surface area contributed by atoms with Gasteiger partial charge in [-0.15, -0.1) is 0 Å². The minimum absolute atomic E-state index is 0.0266. The molecule has 1 aromatic heterocycles. The van der Waals surface area contributed by atoms with E-state index in [9.17, 15) is 9.59 Å². The fourth-order valence-corrected chi connectivity index (χ4v) is 1.51. The lowest BCUT2D eigenvalue weighted by atomic mass is 10.0. The van der Waals surface area contributed by atoms with Crippen molar-refractivity contribution in [2.75, 3.05) is 0 Å². The average molecular weight is 242 g/mol. The van der Waals surface area contributed by atoms with Crippen LogP contribution in [0, 0.1) is 0 Å². The minimum Gasteiger partial charge on any atom is -0.475 e. The number of aliphatic carboxylic acids is 1. The van der Waals surface area contributed by atoms with Crippen LogP contribution in [-0.4, -0.2) is 16.9 Å². The topological polar surface area (TPSA) is 67.5 Å². The van der Waals surface area contributed by atoms with Gasteiger partial charge in [0.15, 0.2) is 0 Å². The highest BCUT2D eigenvalue weighted by Crippen LogP contribution is 2.19. The molecule has 18 heavy (non-hydrogen) atoms. The van der Waals surface area contributed by atoms with Crippen LogP contribution in [0.3, 0.4) is 0 Å². The number of ketones is 1. The molecule has 0 amide bonds. The third kappa shape index (κ3) is 2.55. The van der Waals surface area contributed by atoms with E-state index in [0.29, 0.717) is 0 Å². The number of hydrogen-bond acceptors (Lipinski definition) is 3. The molecule has 0 unspecified atom stereocenters. The Hall–Kier alpha value is -2.62. The SMILES string of the molecule is O=C(O)C(=O)C(=Cc1ccccc1)c1ccco1. The van der Waals surface area contributed by atoms with Crippen LogP contribution in [-0.2, 0) is 9.59 Å². The summed E-state index contributed by atoms with van der Waals surface area (Å²) in [5.74, 6) is -2.26. The molecular weight excluding hydrogens is 232 g/mol. The summed E-state index contributed by atoms with van der Waals surface area (Å²) in [6.07, 6.45) is 2.89. The molecule has 2 rings (SSSR count). The number of hydrogen-bond donors (Lipinski definition) is 1. The highest BCUT2D eigenvalue weighted by molar-refractivity contribution is 6.52. The van der Waals surface area contributed by atoms with Gasteiger partial charge in [-0.25, -0.2) is 4.79 Å². The van der Waals surface area contributed by atoms with E-state index in [1.165, 1.54) is 12.3 Å². The van der Waals surface area contributed by atoms with Gasteiger partial charge in [-0.2, -0.15) is 0 Å². The quantitative estimate of drug-likeness (QED) is 0.660. The zero-order valence-electron chi connectivity index (χ0n) is 9.37. The van der Waals surface area contributed by atoms with Crippen molar-refractivity contribution in [3.05, 3.63) is 60.1 Å². The number of Topliss-reactive ketones (excluding diaryl/α,β-unsaturated/α-hetero) is 1. The molecule has 0 aliphatic carbocycles. The molecule has 0 bridgehead atoms. The maximum atomic E-state index is 11.6. The minimum atomic E-state index is -1.51. The molecule has 0 aliphatic rings. The summed E-state index contributed by atoms with van der Waals surface area (Å²) in [5, 5.41) is 8.80. The van der Waals surface area contributed by atoms with Gasteiger partial charge in [0.25, 0.3) is 5.78 Å². The fraction of sp³-hybridized carbons (Fsp3) is 0. The summed E-state index contributed by atoms with van der Waals surface area (Å²) in [6, 6.07) is 12.1. The number of carbonyl (C=O) groups is 2. The van der Waals surface area contributed by atoms with Crippen LogP contribution in [0.2, 0.25) is 0 Å². The van der Waals surface area contributed by atoms with Crippen LogP contribution in [0.25, 0.3) is 11.6 Å². The second-order valence-corrected chi connectivity index (χ2v) is 3.58. The molecule has 0 spiro atoms. The van der Waals surface area contributed by atoms with Crippen molar-refractivity contribution in [2.24, 2.45) is 0 Å². The first kappa shape index (κ1) is 11.9. The summed E-state index contributed by atoms with van der Waals surface area (Å²) in [6.45, 7) is 0. The molecule has 1 N–H and O–H groups in total. The van der Waals surface area contributed by atoms with Gasteiger partial charge < -0.3 is 9.52 Å². The van der Waals surface area contributed by atoms with Crippen molar-refractivity contribution in [3.8, 4) is 0 Å². The second-order valence-electron chi connectivity index (χ2n) is 3.58. The summed E-state index contributed by atoms with van der Waals surface area (Å²) in [7, 11) is 0. The van der Waals surface area contributed by atoms with E-state index in [1.807, 2.05) is 6.07 Å². The van der Waals surface area contributed by atoms with Crippen molar-refractivity contribution >= 4 is 23.4 Å². The van der Waals surface area contributed by atoms with Crippen molar-refractivity contribution in [2.45, 2.75) is 0 Å². The first-order valence-electron chi connectivity index (χ1n) is 5.27. The molecule has 0 aliphatic heterocycles. The normalized spacial score (nSPS) is 11.2. The molecule has 0 saturated carbocycles. The monoisotopic (exact) mass is 242 g/mol. The average Bonchev–Trinajstić information content (AvgIpc) is 2.90. The predicted molar refractivity (Wildman–Crippen MR) is 65.7 cm³/mol. The summed E-state index contributed by atoms with van der Waals surface area (Å²) < 4.78 is 5.09. The predicted octanol–water partition coefficient (Wildman–Crippen LogP) is 2.47. The zero-order chi connectivity index (χ0) is 13.0. The molecule has 4 heteroatoms. The Bertz CT molecular complexity index is 580. The van der Waals surface area contributed by atoms with Crippen molar-refractivity contribution in [1.29, 1.82) is 0 Å². The largest absolute Gasteiger partial charge is 0.475 e. The van der Waals surface area contributed by atoms with E-state index < -0.39 is 11.8 Å². The van der Waals surface area contributed by atoms with Gasteiger partial charge in [-0.3, -0.25) is 4.79 Å². The first-order valence-corrected chi connectivity index (χ1v) is 5.27.